The molecule has 0 bridgehead atoms. The third-order valence-corrected chi connectivity index (χ3v) is 4.61. The Balaban J connectivity index is 1.99. The highest BCUT2D eigenvalue weighted by Gasteiger charge is 2.16. The number of ether oxygens (including phenoxy) is 2. The molecule has 9 nitrogen and oxygen atoms in total. The molecular formula is C23H25N5O4. The van der Waals surface area contributed by atoms with Gasteiger partial charge in [-0.3, -0.25) is 0 Å². The van der Waals surface area contributed by atoms with Gasteiger partial charge in [0, 0.05) is 17.4 Å². The highest BCUT2D eigenvalue weighted by molar-refractivity contribution is 6.00. The summed E-state index contributed by atoms with van der Waals surface area (Å²) < 4.78 is 10.4. The summed E-state index contributed by atoms with van der Waals surface area (Å²) in [7, 11) is 1.45. The third-order valence-electron chi connectivity index (χ3n) is 4.61. The number of urea groups is 1. The van der Waals surface area contributed by atoms with Crippen LogP contribution in [0.25, 0.3) is 0 Å². The molecule has 166 valence electrons. The first kappa shape index (κ1) is 24.0. The molecule has 0 heterocycles. The van der Waals surface area contributed by atoms with Gasteiger partial charge in [-0.25, -0.2) is 9.59 Å². The number of hydrogen-bond acceptors (Lipinski definition) is 6. The number of methoxy groups -OCH3 is 1. The summed E-state index contributed by atoms with van der Waals surface area (Å²) >= 11 is 0. The standard InChI is InChI=1S/C23H25N5O4/c1-4-20(10-11-24)32-23(30)26-15(2)16-6-5-7-18(12-16)27-22(29)28-19-9-8-17(14-25)21(13-19)31-3/h5-9,12-13,15,20H,4,10H2,1-3H3,(H,26,30)(H2,27,28,29)/t15-,20+/m1/s1. The summed E-state index contributed by atoms with van der Waals surface area (Å²) in [6, 6.07) is 14.9. The minimum atomic E-state index is -0.606. The largest absolute Gasteiger partial charge is 0.495 e. The van der Waals surface area contributed by atoms with Crippen LogP contribution in [-0.4, -0.2) is 25.3 Å². The monoisotopic (exact) mass is 435 g/mol. The quantitative estimate of drug-likeness (QED) is 0.550. The SMILES string of the molecule is CC[C@@H](CC#N)OC(=O)N[C@H](C)c1cccc(NC(=O)Nc2ccc(C#N)c(OC)c2)c1. The van der Waals surface area contributed by atoms with Crippen LogP contribution in [0.4, 0.5) is 21.0 Å². The number of nitrogens with zero attached hydrogens (tertiary/aromatic N) is 2. The van der Waals surface area contributed by atoms with E-state index < -0.39 is 18.2 Å². The molecule has 2 aromatic carbocycles. The van der Waals surface area contributed by atoms with Crippen LogP contribution in [0, 0.1) is 22.7 Å². The Hall–Kier alpha value is -4.24. The first-order valence-corrected chi connectivity index (χ1v) is 10.00. The van der Waals surface area contributed by atoms with Gasteiger partial charge in [-0.15, -0.1) is 0 Å². The van der Waals surface area contributed by atoms with E-state index in [-0.39, 0.29) is 12.5 Å². The van der Waals surface area contributed by atoms with E-state index in [9.17, 15) is 9.59 Å². The van der Waals surface area contributed by atoms with Gasteiger partial charge in [0.05, 0.1) is 31.2 Å². The zero-order valence-corrected chi connectivity index (χ0v) is 18.1. The van der Waals surface area contributed by atoms with Crippen molar-refractivity contribution in [2.45, 2.75) is 38.8 Å². The van der Waals surface area contributed by atoms with Gasteiger partial charge in [0.25, 0.3) is 0 Å². The Morgan fingerprint density at radius 2 is 1.81 bits per heavy atom. The molecule has 9 heteroatoms. The lowest BCUT2D eigenvalue weighted by atomic mass is 10.1. The molecule has 2 rings (SSSR count). The van der Waals surface area contributed by atoms with E-state index >= 15 is 0 Å². The average molecular weight is 435 g/mol. The second-order valence-electron chi connectivity index (χ2n) is 6.90. The highest BCUT2D eigenvalue weighted by Crippen LogP contribution is 2.23. The number of alkyl carbamates (subject to hydrolysis) is 1. The molecule has 0 saturated heterocycles. The lowest BCUT2D eigenvalue weighted by Crippen LogP contribution is -2.31. The number of hydrogen-bond donors (Lipinski definition) is 3. The summed E-state index contributed by atoms with van der Waals surface area (Å²) in [5.41, 5.74) is 2.12. The van der Waals surface area contributed by atoms with Crippen LogP contribution >= 0.6 is 0 Å². The summed E-state index contributed by atoms with van der Waals surface area (Å²) in [5.74, 6) is 0.360. The first-order chi connectivity index (χ1) is 15.4. The Morgan fingerprint density at radius 3 is 2.44 bits per heavy atom. The second-order valence-corrected chi connectivity index (χ2v) is 6.90. The molecule has 0 aliphatic rings. The minimum Gasteiger partial charge on any atom is -0.495 e. The van der Waals surface area contributed by atoms with Gasteiger partial charge in [-0.1, -0.05) is 19.1 Å². The highest BCUT2D eigenvalue weighted by atomic mass is 16.6. The predicted octanol–water partition coefficient (Wildman–Crippen LogP) is 4.69. The fourth-order valence-corrected chi connectivity index (χ4v) is 2.86. The molecule has 0 aliphatic heterocycles. The van der Waals surface area contributed by atoms with Crippen LogP contribution in [0.5, 0.6) is 5.75 Å². The maximum Gasteiger partial charge on any atom is 0.407 e. The first-order valence-electron chi connectivity index (χ1n) is 10.00. The van der Waals surface area contributed by atoms with E-state index in [0.29, 0.717) is 29.1 Å². The van der Waals surface area contributed by atoms with Crippen LogP contribution < -0.4 is 20.7 Å². The molecule has 0 spiro atoms. The van der Waals surface area contributed by atoms with Crippen LogP contribution in [0.15, 0.2) is 42.5 Å². The van der Waals surface area contributed by atoms with Crippen LogP contribution in [0.3, 0.4) is 0 Å². The maximum absolute atomic E-state index is 12.4. The molecule has 0 aromatic heterocycles. The molecule has 2 atom stereocenters. The number of anilines is 2. The van der Waals surface area contributed by atoms with Crippen molar-refractivity contribution in [2.75, 3.05) is 17.7 Å². The van der Waals surface area contributed by atoms with Crippen molar-refractivity contribution >= 4 is 23.5 Å². The smallest absolute Gasteiger partial charge is 0.407 e. The van der Waals surface area contributed by atoms with Gasteiger partial charge in [0.2, 0.25) is 0 Å². The molecule has 3 amide bonds. The topological polar surface area (TPSA) is 136 Å². The predicted molar refractivity (Wildman–Crippen MR) is 119 cm³/mol. The molecule has 0 radical (unpaired) electrons. The van der Waals surface area contributed by atoms with Gasteiger partial charge in [0.1, 0.15) is 17.9 Å². The Morgan fingerprint density at radius 1 is 1.09 bits per heavy atom. The van der Waals surface area contributed by atoms with Crippen molar-refractivity contribution in [3.8, 4) is 17.9 Å². The van der Waals surface area contributed by atoms with Gasteiger partial charge in [-0.2, -0.15) is 10.5 Å². The molecular weight excluding hydrogens is 410 g/mol. The van der Waals surface area contributed by atoms with E-state index in [1.54, 1.807) is 43.3 Å². The summed E-state index contributed by atoms with van der Waals surface area (Å²) in [4.78, 5) is 24.4. The van der Waals surface area contributed by atoms with E-state index in [1.807, 2.05) is 25.1 Å². The molecule has 0 aliphatic carbocycles. The van der Waals surface area contributed by atoms with Crippen LogP contribution in [-0.2, 0) is 4.74 Å². The van der Waals surface area contributed by atoms with Crippen molar-refractivity contribution in [3.05, 3.63) is 53.6 Å². The van der Waals surface area contributed by atoms with E-state index in [2.05, 4.69) is 16.0 Å². The number of benzene rings is 2. The average Bonchev–Trinajstić information content (AvgIpc) is 2.78. The number of nitriles is 2. The lowest BCUT2D eigenvalue weighted by molar-refractivity contribution is 0.0950. The zero-order chi connectivity index (χ0) is 23.5. The van der Waals surface area contributed by atoms with Crippen molar-refractivity contribution in [1.29, 1.82) is 10.5 Å². The molecule has 0 saturated carbocycles. The Labute approximate surface area is 186 Å². The number of carbonyl (C=O) groups excluding carboxylic acids is 2. The van der Waals surface area contributed by atoms with Crippen molar-refractivity contribution < 1.29 is 19.1 Å². The number of nitrogens with one attached hydrogen (secondary N) is 3. The minimum absolute atomic E-state index is 0.137. The summed E-state index contributed by atoms with van der Waals surface area (Å²) in [6.07, 6.45) is -0.373. The summed E-state index contributed by atoms with van der Waals surface area (Å²) in [5, 5.41) is 25.9. The van der Waals surface area contributed by atoms with Gasteiger partial charge in [0.15, 0.2) is 0 Å². The number of amides is 3. The molecule has 0 unspecified atom stereocenters. The fourth-order valence-electron chi connectivity index (χ4n) is 2.86. The Bertz CT molecular complexity index is 1040. The second kappa shape index (κ2) is 11.8. The number of carbonyl (C=O) groups is 2. The van der Waals surface area contributed by atoms with E-state index in [0.717, 1.165) is 5.56 Å². The van der Waals surface area contributed by atoms with E-state index in [4.69, 9.17) is 20.0 Å². The van der Waals surface area contributed by atoms with Gasteiger partial charge >= 0.3 is 12.1 Å². The summed E-state index contributed by atoms with van der Waals surface area (Å²) in [6.45, 7) is 3.63. The normalized spacial score (nSPS) is 11.8. The van der Waals surface area contributed by atoms with Crippen LogP contribution in [0.2, 0.25) is 0 Å². The van der Waals surface area contributed by atoms with Crippen molar-refractivity contribution in [2.24, 2.45) is 0 Å². The zero-order valence-electron chi connectivity index (χ0n) is 18.1. The molecule has 3 N–H and O–H groups in total. The van der Waals surface area contributed by atoms with Gasteiger partial charge < -0.3 is 25.4 Å². The van der Waals surface area contributed by atoms with Crippen molar-refractivity contribution in [1.82, 2.24) is 5.32 Å². The third kappa shape index (κ3) is 6.92. The van der Waals surface area contributed by atoms with Gasteiger partial charge in [-0.05, 0) is 43.2 Å². The fraction of sp³-hybridized carbons (Fsp3) is 0.304. The molecule has 32 heavy (non-hydrogen) atoms. The van der Waals surface area contributed by atoms with Crippen molar-refractivity contribution in [3.63, 3.8) is 0 Å². The Kier molecular flexibility index (Phi) is 8.88. The van der Waals surface area contributed by atoms with E-state index in [1.165, 1.54) is 7.11 Å². The van der Waals surface area contributed by atoms with Crippen LogP contribution in [0.1, 0.15) is 43.9 Å². The maximum atomic E-state index is 12.4. The lowest BCUT2D eigenvalue weighted by Gasteiger charge is -2.18. The molecule has 0 fully saturated rings. The molecule has 2 aromatic rings. The number of rotatable bonds is 8.